The molecule has 7 heteroatoms. The lowest BCUT2D eigenvalue weighted by molar-refractivity contribution is 0.0882. The van der Waals surface area contributed by atoms with E-state index in [0.717, 1.165) is 24.8 Å². The summed E-state index contributed by atoms with van der Waals surface area (Å²) in [5.74, 6) is 2.04. The number of carbonyl (C=O) groups excluding carboxylic acids is 1. The van der Waals surface area contributed by atoms with Crippen molar-refractivity contribution in [2.24, 2.45) is 5.92 Å². The molecule has 7 nitrogen and oxygen atoms in total. The molecule has 1 aliphatic heterocycles. The fourth-order valence-corrected chi connectivity index (χ4v) is 2.62. The van der Waals surface area contributed by atoms with Crippen molar-refractivity contribution < 1.29 is 19.0 Å². The molecule has 0 unspecified atom stereocenters. The Kier molecular flexibility index (Phi) is 5.75. The number of hydrogen-bond donors (Lipinski definition) is 0. The highest BCUT2D eigenvalue weighted by Gasteiger charge is 2.21. The lowest BCUT2D eigenvalue weighted by atomic mass is 10.1. The van der Waals surface area contributed by atoms with Crippen LogP contribution >= 0.6 is 0 Å². The fourth-order valence-electron chi connectivity index (χ4n) is 2.62. The lowest BCUT2D eigenvalue weighted by Gasteiger charge is -2.05. The van der Waals surface area contributed by atoms with Crippen molar-refractivity contribution >= 4 is 5.91 Å². The van der Waals surface area contributed by atoms with Crippen LogP contribution in [0.5, 0.6) is 17.5 Å². The van der Waals surface area contributed by atoms with Crippen LogP contribution in [-0.4, -0.2) is 34.1 Å². The Balaban J connectivity index is 1.89. The molecule has 0 bridgehead atoms. The molecular formula is C19H25N3O4. The van der Waals surface area contributed by atoms with Crippen molar-refractivity contribution in [3.8, 4) is 28.9 Å². The molecule has 0 aliphatic carbocycles. The third-order valence-electron chi connectivity index (χ3n) is 3.99. The summed E-state index contributed by atoms with van der Waals surface area (Å²) >= 11 is 0. The van der Waals surface area contributed by atoms with E-state index in [4.69, 9.17) is 14.2 Å². The monoisotopic (exact) mass is 359 g/mol. The van der Waals surface area contributed by atoms with E-state index in [1.54, 1.807) is 0 Å². The van der Waals surface area contributed by atoms with Gasteiger partial charge >= 0.3 is 6.01 Å². The minimum atomic E-state index is -0.0852. The van der Waals surface area contributed by atoms with Crippen LogP contribution in [0.4, 0.5) is 0 Å². The molecule has 140 valence electrons. The van der Waals surface area contributed by atoms with E-state index in [2.05, 4.69) is 17.0 Å². The second-order valence-electron chi connectivity index (χ2n) is 6.75. The first-order valence-corrected chi connectivity index (χ1v) is 9.11. The Morgan fingerprint density at radius 1 is 1.27 bits per heavy atom. The van der Waals surface area contributed by atoms with Crippen molar-refractivity contribution in [2.75, 3.05) is 13.4 Å². The molecule has 26 heavy (non-hydrogen) atoms. The van der Waals surface area contributed by atoms with Crippen LogP contribution in [-0.2, 0) is 0 Å². The first-order chi connectivity index (χ1) is 12.6. The highest BCUT2D eigenvalue weighted by Crippen LogP contribution is 2.35. The second kappa shape index (κ2) is 8.21. The number of carbonyl (C=O) groups is 1. The van der Waals surface area contributed by atoms with Gasteiger partial charge in [0.1, 0.15) is 0 Å². The summed E-state index contributed by atoms with van der Waals surface area (Å²) in [5.41, 5.74) is 0.741. The van der Waals surface area contributed by atoms with Gasteiger partial charge in [0.2, 0.25) is 12.7 Å². The van der Waals surface area contributed by atoms with Gasteiger partial charge in [0.15, 0.2) is 17.3 Å². The summed E-state index contributed by atoms with van der Waals surface area (Å²) in [5, 5.41) is 4.29. The number of rotatable bonds is 8. The van der Waals surface area contributed by atoms with Gasteiger partial charge in [0.05, 0.1) is 6.61 Å². The zero-order valence-corrected chi connectivity index (χ0v) is 15.5. The fraction of sp³-hybridized carbons (Fsp3) is 0.526. The average molecular weight is 359 g/mol. The maximum atomic E-state index is 12.6. The van der Waals surface area contributed by atoms with Crippen LogP contribution < -0.4 is 14.2 Å². The van der Waals surface area contributed by atoms with Crippen LogP contribution in [0.15, 0.2) is 18.2 Å². The van der Waals surface area contributed by atoms with Gasteiger partial charge in [-0.2, -0.15) is 9.67 Å². The normalized spacial score (nSPS) is 12.6. The van der Waals surface area contributed by atoms with E-state index in [9.17, 15) is 4.79 Å². The quantitative estimate of drug-likeness (QED) is 0.665. The molecule has 2 aromatic rings. The van der Waals surface area contributed by atoms with Crippen molar-refractivity contribution in [2.45, 2.75) is 46.5 Å². The van der Waals surface area contributed by atoms with Gasteiger partial charge in [-0.1, -0.05) is 33.6 Å². The zero-order chi connectivity index (χ0) is 18.5. The summed E-state index contributed by atoms with van der Waals surface area (Å²) in [6.45, 7) is 6.89. The van der Waals surface area contributed by atoms with Crippen LogP contribution in [0.1, 0.15) is 51.2 Å². The molecule has 0 saturated heterocycles. The van der Waals surface area contributed by atoms with Gasteiger partial charge in [-0.25, -0.2) is 0 Å². The number of fused-ring (bicyclic) bond motifs is 1. The summed E-state index contributed by atoms with van der Waals surface area (Å²) < 4.78 is 17.8. The molecule has 1 aromatic carbocycles. The molecule has 0 radical (unpaired) electrons. The Hall–Kier alpha value is -2.57. The Bertz CT molecular complexity index is 770. The van der Waals surface area contributed by atoms with E-state index in [0.29, 0.717) is 36.3 Å². The number of nitrogens with zero attached hydrogens (tertiary/aromatic N) is 3. The van der Waals surface area contributed by atoms with E-state index in [1.807, 2.05) is 32.0 Å². The molecule has 1 aliphatic rings. The molecule has 0 N–H and O–H groups in total. The van der Waals surface area contributed by atoms with Crippen LogP contribution in [0.25, 0.3) is 11.4 Å². The number of aromatic nitrogens is 3. The highest BCUT2D eigenvalue weighted by atomic mass is 16.7. The SMILES string of the molecule is CCCCCC(=O)n1nc(OCC(C)C)nc1-c1ccc2c(c1)OCO2. The number of benzene rings is 1. The van der Waals surface area contributed by atoms with Gasteiger partial charge in [0.25, 0.3) is 0 Å². The van der Waals surface area contributed by atoms with Gasteiger partial charge in [0, 0.05) is 12.0 Å². The van der Waals surface area contributed by atoms with Crippen molar-refractivity contribution in [1.82, 2.24) is 14.8 Å². The van der Waals surface area contributed by atoms with Crippen molar-refractivity contribution in [1.29, 1.82) is 0 Å². The standard InChI is InChI=1S/C19H25N3O4/c1-4-5-6-7-17(23)22-18(20-19(21-22)24-11-13(2)3)14-8-9-15-16(10-14)26-12-25-15/h8-10,13H,4-7,11-12H2,1-3H3. The molecule has 2 heterocycles. The Morgan fingerprint density at radius 2 is 2.08 bits per heavy atom. The minimum absolute atomic E-state index is 0.0852. The molecule has 1 aromatic heterocycles. The van der Waals surface area contributed by atoms with E-state index >= 15 is 0 Å². The van der Waals surface area contributed by atoms with E-state index in [1.165, 1.54) is 4.68 Å². The summed E-state index contributed by atoms with van der Waals surface area (Å²) in [7, 11) is 0. The molecule has 0 saturated carbocycles. The first-order valence-electron chi connectivity index (χ1n) is 9.11. The highest BCUT2D eigenvalue weighted by molar-refractivity contribution is 5.82. The van der Waals surface area contributed by atoms with Crippen LogP contribution in [0, 0.1) is 5.92 Å². The average Bonchev–Trinajstić information content (AvgIpc) is 3.26. The molecule has 3 rings (SSSR count). The predicted octanol–water partition coefficient (Wildman–Crippen LogP) is 3.93. The number of unbranched alkanes of at least 4 members (excludes halogenated alkanes) is 2. The van der Waals surface area contributed by atoms with E-state index in [-0.39, 0.29) is 18.7 Å². The first kappa shape index (κ1) is 18.2. The smallest absolute Gasteiger partial charge is 0.336 e. The maximum absolute atomic E-state index is 12.6. The van der Waals surface area contributed by atoms with Gasteiger partial charge in [-0.3, -0.25) is 4.79 Å². The Morgan fingerprint density at radius 3 is 2.85 bits per heavy atom. The largest absolute Gasteiger partial charge is 0.462 e. The third kappa shape index (κ3) is 4.15. The molecular weight excluding hydrogens is 334 g/mol. The third-order valence-corrected chi connectivity index (χ3v) is 3.99. The minimum Gasteiger partial charge on any atom is -0.462 e. The van der Waals surface area contributed by atoms with Crippen molar-refractivity contribution in [3.63, 3.8) is 0 Å². The van der Waals surface area contributed by atoms with E-state index < -0.39 is 0 Å². The van der Waals surface area contributed by atoms with Gasteiger partial charge < -0.3 is 14.2 Å². The van der Waals surface area contributed by atoms with Crippen LogP contribution in [0.3, 0.4) is 0 Å². The van der Waals surface area contributed by atoms with Crippen LogP contribution in [0.2, 0.25) is 0 Å². The predicted molar refractivity (Wildman–Crippen MR) is 96.7 cm³/mol. The Labute approximate surface area is 153 Å². The lowest BCUT2D eigenvalue weighted by Crippen LogP contribution is -2.14. The molecule has 0 fully saturated rings. The summed E-state index contributed by atoms with van der Waals surface area (Å²) in [6, 6.07) is 5.69. The number of hydrogen-bond acceptors (Lipinski definition) is 6. The van der Waals surface area contributed by atoms with Gasteiger partial charge in [-0.15, -0.1) is 5.10 Å². The molecule has 0 atom stereocenters. The summed E-state index contributed by atoms with van der Waals surface area (Å²) in [6.07, 6.45) is 3.33. The molecule has 0 spiro atoms. The molecule has 0 amide bonds. The summed E-state index contributed by atoms with van der Waals surface area (Å²) in [4.78, 5) is 17.1. The zero-order valence-electron chi connectivity index (χ0n) is 15.5. The van der Waals surface area contributed by atoms with Gasteiger partial charge in [-0.05, 0) is 30.5 Å². The number of ether oxygens (including phenoxy) is 3. The maximum Gasteiger partial charge on any atom is 0.336 e. The second-order valence-corrected chi connectivity index (χ2v) is 6.75. The van der Waals surface area contributed by atoms with Crippen molar-refractivity contribution in [3.05, 3.63) is 18.2 Å². The topological polar surface area (TPSA) is 75.5 Å².